The molecule has 1 N–H and O–H groups in total. The van der Waals surface area contributed by atoms with Gasteiger partial charge in [-0.2, -0.15) is 0 Å². The van der Waals surface area contributed by atoms with Crippen molar-refractivity contribution in [2.24, 2.45) is 0 Å². The molecule has 1 unspecified atom stereocenters. The molecule has 1 aliphatic heterocycles. The third-order valence-corrected chi connectivity index (χ3v) is 5.27. The lowest BCUT2D eigenvalue weighted by Crippen LogP contribution is -2.46. The van der Waals surface area contributed by atoms with Crippen molar-refractivity contribution in [2.75, 3.05) is 6.54 Å². The lowest BCUT2D eigenvalue weighted by atomic mass is 10.0. The van der Waals surface area contributed by atoms with Gasteiger partial charge in [-0.3, -0.25) is 4.79 Å². The van der Waals surface area contributed by atoms with Crippen LogP contribution >= 0.6 is 11.6 Å². The Morgan fingerprint density at radius 1 is 1.06 bits per heavy atom. The highest BCUT2D eigenvalue weighted by Crippen LogP contribution is 2.38. The minimum absolute atomic E-state index is 0.149. The Kier molecular flexibility index (Phi) is 6.59. The zero-order valence-electron chi connectivity index (χ0n) is 16.2. The van der Waals surface area contributed by atoms with Crippen LogP contribution < -0.4 is 4.74 Å². The molecule has 0 spiro atoms. The summed E-state index contributed by atoms with van der Waals surface area (Å²) in [6, 6.07) is 0.0524. The molecular weight excluding hydrogens is 468 g/mol. The average Bonchev–Trinajstić information content (AvgIpc) is 3.23. The van der Waals surface area contributed by atoms with Crippen molar-refractivity contribution < 1.29 is 45.8 Å². The van der Waals surface area contributed by atoms with Gasteiger partial charge < -0.3 is 14.7 Å². The fourth-order valence-electron chi connectivity index (χ4n) is 3.41. The molecule has 5 nitrogen and oxygen atoms in total. The molecule has 3 rings (SSSR count). The summed E-state index contributed by atoms with van der Waals surface area (Å²) in [5.41, 5.74) is -2.58. The Bertz CT molecular complexity index is 1080. The maximum Gasteiger partial charge on any atom is 0.326 e. The fraction of sp³-hybridized carbons (Fsp3) is 0.300. The van der Waals surface area contributed by atoms with E-state index in [0.717, 1.165) is 4.90 Å². The third kappa shape index (κ3) is 4.08. The third-order valence-electron chi connectivity index (χ3n) is 4.97. The minimum Gasteiger partial charge on any atom is -0.480 e. The van der Waals surface area contributed by atoms with Crippen LogP contribution in [0.5, 0.6) is 5.75 Å². The normalized spacial score (nSPS) is 16.9. The van der Waals surface area contributed by atoms with E-state index in [9.17, 15) is 41.0 Å². The van der Waals surface area contributed by atoms with Crippen LogP contribution in [0.3, 0.4) is 0 Å². The SMILES string of the molecule is CC(Oc1cc(-c2c(F)c(F)c(F)c(F)c2F)c(F)cc1Cl)C(=O)N1CCC[C@H]1C(=O)O. The quantitative estimate of drug-likeness (QED) is 0.382. The Morgan fingerprint density at radius 3 is 2.19 bits per heavy atom. The van der Waals surface area contributed by atoms with Gasteiger partial charge in [0.2, 0.25) is 5.82 Å². The first-order chi connectivity index (χ1) is 15.0. The molecule has 172 valence electrons. The van der Waals surface area contributed by atoms with Crippen molar-refractivity contribution in [2.45, 2.75) is 31.9 Å². The molecule has 2 atom stereocenters. The van der Waals surface area contributed by atoms with Gasteiger partial charge in [0.05, 0.1) is 10.6 Å². The molecule has 0 aromatic heterocycles. The average molecular weight is 482 g/mol. The van der Waals surface area contributed by atoms with Crippen LogP contribution in [0.15, 0.2) is 12.1 Å². The molecular formula is C20H14ClF6NO4. The molecule has 1 heterocycles. The molecule has 1 saturated heterocycles. The molecule has 1 fully saturated rings. The number of aliphatic carboxylic acids is 1. The summed E-state index contributed by atoms with van der Waals surface area (Å²) < 4.78 is 88.4. The summed E-state index contributed by atoms with van der Waals surface area (Å²) in [5, 5.41) is 8.75. The van der Waals surface area contributed by atoms with Crippen LogP contribution in [0.1, 0.15) is 19.8 Å². The van der Waals surface area contributed by atoms with Gasteiger partial charge in [0, 0.05) is 12.1 Å². The van der Waals surface area contributed by atoms with E-state index in [1.807, 2.05) is 0 Å². The number of hydrogen-bond acceptors (Lipinski definition) is 3. The van der Waals surface area contributed by atoms with Gasteiger partial charge in [-0.1, -0.05) is 11.6 Å². The fourth-order valence-corrected chi connectivity index (χ4v) is 3.61. The first-order valence-electron chi connectivity index (χ1n) is 9.16. The van der Waals surface area contributed by atoms with Crippen molar-refractivity contribution in [3.8, 4) is 16.9 Å². The van der Waals surface area contributed by atoms with E-state index in [1.54, 1.807) is 0 Å². The maximum atomic E-state index is 14.4. The Balaban J connectivity index is 1.99. The molecule has 1 amide bonds. The van der Waals surface area contributed by atoms with Gasteiger partial charge >= 0.3 is 5.97 Å². The van der Waals surface area contributed by atoms with Crippen LogP contribution in [0.25, 0.3) is 11.1 Å². The first-order valence-corrected chi connectivity index (χ1v) is 9.54. The zero-order chi connectivity index (χ0) is 23.9. The van der Waals surface area contributed by atoms with E-state index in [4.69, 9.17) is 16.3 Å². The van der Waals surface area contributed by atoms with E-state index in [0.29, 0.717) is 18.6 Å². The van der Waals surface area contributed by atoms with Crippen molar-refractivity contribution in [3.05, 3.63) is 52.1 Å². The van der Waals surface area contributed by atoms with E-state index in [1.165, 1.54) is 6.92 Å². The summed E-state index contributed by atoms with van der Waals surface area (Å²) in [6.45, 7) is 1.38. The molecule has 0 radical (unpaired) electrons. The number of amides is 1. The Morgan fingerprint density at radius 2 is 1.62 bits per heavy atom. The van der Waals surface area contributed by atoms with Gasteiger partial charge in [0.1, 0.15) is 17.6 Å². The second kappa shape index (κ2) is 8.89. The Hall–Kier alpha value is -2.95. The number of carbonyl (C=O) groups is 2. The highest BCUT2D eigenvalue weighted by Gasteiger charge is 2.37. The number of carboxylic acids is 1. The van der Waals surface area contributed by atoms with Crippen LogP contribution in [0.4, 0.5) is 26.3 Å². The number of benzene rings is 2. The van der Waals surface area contributed by atoms with Crippen LogP contribution in [0.2, 0.25) is 5.02 Å². The predicted molar refractivity (Wildman–Crippen MR) is 99.1 cm³/mol. The number of halogens is 7. The molecule has 12 heteroatoms. The molecule has 1 aliphatic rings. The zero-order valence-corrected chi connectivity index (χ0v) is 17.0. The Labute approximate surface area is 182 Å². The van der Waals surface area contributed by atoms with Crippen LogP contribution in [-0.4, -0.2) is 40.6 Å². The number of likely N-dealkylation sites (tertiary alicyclic amines) is 1. The standard InChI is InChI=1S/C20H14ClF6NO4/c1-7(19(29)28-4-2-3-11(28)20(30)31)32-12-5-8(10(22)6-9(12)21)13-14(23)16(25)18(27)17(26)15(13)24/h5-7,11H,2-4H2,1H3,(H,30,31)/t7?,11-/m0/s1. The van der Waals surface area contributed by atoms with Crippen LogP contribution in [-0.2, 0) is 9.59 Å². The number of carboxylic acid groups (broad SMARTS) is 1. The number of rotatable bonds is 5. The molecule has 2 aromatic carbocycles. The largest absolute Gasteiger partial charge is 0.480 e. The van der Waals surface area contributed by atoms with Crippen molar-refractivity contribution in [1.29, 1.82) is 0 Å². The van der Waals surface area contributed by atoms with Gasteiger partial charge in [-0.15, -0.1) is 0 Å². The number of hydrogen-bond donors (Lipinski definition) is 1. The molecule has 0 aliphatic carbocycles. The topological polar surface area (TPSA) is 66.8 Å². The number of carbonyl (C=O) groups excluding carboxylic acids is 1. The maximum absolute atomic E-state index is 14.4. The summed E-state index contributed by atoms with van der Waals surface area (Å²) in [6.07, 6.45) is -0.686. The van der Waals surface area contributed by atoms with E-state index >= 15 is 0 Å². The van der Waals surface area contributed by atoms with Gasteiger partial charge in [0.25, 0.3) is 5.91 Å². The monoisotopic (exact) mass is 481 g/mol. The van der Waals surface area contributed by atoms with E-state index < -0.39 is 80.8 Å². The second-order valence-electron chi connectivity index (χ2n) is 7.00. The predicted octanol–water partition coefficient (Wildman–Crippen LogP) is 4.68. The smallest absolute Gasteiger partial charge is 0.326 e. The summed E-state index contributed by atoms with van der Waals surface area (Å²) in [5.74, 6) is -15.3. The van der Waals surface area contributed by atoms with Crippen LogP contribution in [0, 0.1) is 34.9 Å². The van der Waals surface area contributed by atoms with E-state index in [-0.39, 0.29) is 13.0 Å². The number of ether oxygens (including phenoxy) is 1. The molecule has 32 heavy (non-hydrogen) atoms. The summed E-state index contributed by atoms with van der Waals surface area (Å²) in [7, 11) is 0. The van der Waals surface area contributed by atoms with Gasteiger partial charge in [0.15, 0.2) is 29.4 Å². The summed E-state index contributed by atoms with van der Waals surface area (Å²) >= 11 is 5.86. The lowest BCUT2D eigenvalue weighted by Gasteiger charge is -2.25. The van der Waals surface area contributed by atoms with E-state index in [2.05, 4.69) is 0 Å². The van der Waals surface area contributed by atoms with Gasteiger partial charge in [-0.05, 0) is 31.9 Å². The molecule has 0 saturated carbocycles. The van der Waals surface area contributed by atoms with Crippen molar-refractivity contribution >= 4 is 23.5 Å². The van der Waals surface area contributed by atoms with Crippen molar-refractivity contribution in [1.82, 2.24) is 4.90 Å². The summed E-state index contributed by atoms with van der Waals surface area (Å²) in [4.78, 5) is 24.9. The highest BCUT2D eigenvalue weighted by atomic mass is 35.5. The lowest BCUT2D eigenvalue weighted by molar-refractivity contribution is -0.150. The number of nitrogens with zero attached hydrogens (tertiary/aromatic N) is 1. The molecule has 0 bridgehead atoms. The minimum atomic E-state index is -2.41. The van der Waals surface area contributed by atoms with Gasteiger partial charge in [-0.25, -0.2) is 31.1 Å². The highest BCUT2D eigenvalue weighted by molar-refractivity contribution is 6.32. The van der Waals surface area contributed by atoms with Crippen molar-refractivity contribution in [3.63, 3.8) is 0 Å². The molecule has 2 aromatic rings. The first kappa shape index (κ1) is 23.7. The second-order valence-corrected chi connectivity index (χ2v) is 7.40.